The van der Waals surface area contributed by atoms with E-state index < -0.39 is 0 Å². The van der Waals surface area contributed by atoms with Crippen molar-refractivity contribution in [2.75, 3.05) is 6.61 Å². The molecule has 0 amide bonds. The second-order valence-corrected chi connectivity index (χ2v) is 6.08. The van der Waals surface area contributed by atoms with E-state index in [1.165, 1.54) is 0 Å². The van der Waals surface area contributed by atoms with Crippen LogP contribution in [-0.2, 0) is 6.54 Å². The topological polar surface area (TPSA) is 50.8 Å². The van der Waals surface area contributed by atoms with Crippen LogP contribution in [0.4, 0.5) is 0 Å². The number of rotatable bonds is 0. The number of hydrogen-bond donors (Lipinski definition) is 0. The van der Waals surface area contributed by atoms with Crippen LogP contribution in [0.3, 0.4) is 0 Å². The summed E-state index contributed by atoms with van der Waals surface area (Å²) < 4.78 is 8.77. The molecule has 0 N–H and O–H groups in total. The third-order valence-electron chi connectivity index (χ3n) is 3.93. The highest BCUT2D eigenvalue weighted by Gasteiger charge is 2.23. The van der Waals surface area contributed by atoms with E-state index >= 15 is 0 Å². The largest absolute Gasteiger partial charge is 0.493 e. The van der Waals surface area contributed by atoms with E-state index in [-0.39, 0.29) is 0 Å². The van der Waals surface area contributed by atoms with Crippen LogP contribution in [0.25, 0.3) is 22.0 Å². The molecule has 1 aliphatic rings. The van der Waals surface area contributed by atoms with E-state index in [2.05, 4.69) is 27.1 Å². The maximum Gasteiger partial charge on any atom is 0.130 e. The molecule has 3 aromatic rings. The summed E-state index contributed by atoms with van der Waals surface area (Å²) in [6, 6.07) is 12.3. The Labute approximate surface area is 136 Å². The van der Waals surface area contributed by atoms with Gasteiger partial charge >= 0.3 is 0 Å². The lowest BCUT2D eigenvalue weighted by Gasteiger charge is -2.19. The molecule has 0 unspecified atom stereocenters. The third kappa shape index (κ3) is 1.92. The van der Waals surface area contributed by atoms with Crippen LogP contribution >= 0.6 is 15.9 Å². The summed E-state index contributed by atoms with van der Waals surface area (Å²) in [5, 5.41) is 16.1. The number of nitrogens with zero attached hydrogens (tertiary/aromatic N) is 3. The molecule has 108 valence electrons. The molecule has 2 heterocycles. The van der Waals surface area contributed by atoms with Gasteiger partial charge in [-0.3, -0.25) is 4.68 Å². The first-order chi connectivity index (χ1) is 10.8. The number of aromatic nitrogens is 2. The average Bonchev–Trinajstić information content (AvgIpc) is 2.87. The zero-order chi connectivity index (χ0) is 15.1. The predicted molar refractivity (Wildman–Crippen MR) is 87.7 cm³/mol. The molecule has 1 aromatic heterocycles. The lowest BCUT2D eigenvalue weighted by molar-refractivity contribution is 0.295. The molecule has 0 spiro atoms. The minimum Gasteiger partial charge on any atom is -0.493 e. The molecule has 0 fully saturated rings. The molecule has 22 heavy (non-hydrogen) atoms. The molecule has 0 aliphatic carbocycles. The van der Waals surface area contributed by atoms with Crippen LogP contribution in [0.5, 0.6) is 5.75 Å². The lowest BCUT2D eigenvalue weighted by atomic mass is 9.96. The van der Waals surface area contributed by atoms with Gasteiger partial charge in [0, 0.05) is 18.4 Å². The molecule has 4 nitrogen and oxygen atoms in total. The van der Waals surface area contributed by atoms with Gasteiger partial charge in [0.15, 0.2) is 0 Å². The third-order valence-corrected chi connectivity index (χ3v) is 4.51. The zero-order valence-electron chi connectivity index (χ0n) is 11.7. The predicted octanol–water partition coefficient (Wildman–Crippen LogP) is 4.12. The Morgan fingerprint density at radius 3 is 3.05 bits per heavy atom. The maximum atomic E-state index is 9.76. The number of benzene rings is 2. The quantitative estimate of drug-likeness (QED) is 0.610. The minimum atomic E-state index is 0.618. The Bertz CT molecular complexity index is 924. The van der Waals surface area contributed by atoms with Crippen LogP contribution in [0.15, 0.2) is 41.0 Å². The van der Waals surface area contributed by atoms with Gasteiger partial charge in [-0.25, -0.2) is 0 Å². The van der Waals surface area contributed by atoms with Gasteiger partial charge in [0.05, 0.1) is 34.1 Å². The van der Waals surface area contributed by atoms with Crippen LogP contribution in [-0.4, -0.2) is 16.4 Å². The van der Waals surface area contributed by atoms with Crippen molar-refractivity contribution in [2.24, 2.45) is 0 Å². The monoisotopic (exact) mass is 353 g/mol. The summed E-state index contributed by atoms with van der Waals surface area (Å²) in [6.07, 6.45) is 2.66. The Balaban J connectivity index is 2.16. The summed E-state index contributed by atoms with van der Waals surface area (Å²) in [7, 11) is 0. The summed E-state index contributed by atoms with van der Waals surface area (Å²) in [4.78, 5) is 0. The molecule has 0 saturated carbocycles. The summed E-state index contributed by atoms with van der Waals surface area (Å²) >= 11 is 3.56. The summed E-state index contributed by atoms with van der Waals surface area (Å²) in [6.45, 7) is 1.39. The van der Waals surface area contributed by atoms with E-state index in [4.69, 9.17) is 4.74 Å². The number of ether oxygens (including phenoxy) is 1. The Morgan fingerprint density at radius 1 is 1.32 bits per heavy atom. The first-order valence-corrected chi connectivity index (χ1v) is 7.89. The Kier molecular flexibility index (Phi) is 3.12. The van der Waals surface area contributed by atoms with Gasteiger partial charge in [0.1, 0.15) is 11.8 Å². The second kappa shape index (κ2) is 5.15. The minimum absolute atomic E-state index is 0.618. The molecule has 0 saturated heterocycles. The van der Waals surface area contributed by atoms with Crippen molar-refractivity contribution in [1.82, 2.24) is 9.78 Å². The van der Waals surface area contributed by atoms with E-state index in [0.29, 0.717) is 12.2 Å². The molecular formula is C17H12BrN3O. The first-order valence-electron chi connectivity index (χ1n) is 7.10. The number of halogens is 1. The molecule has 1 aliphatic heterocycles. The van der Waals surface area contributed by atoms with Gasteiger partial charge in [-0.05, 0) is 27.4 Å². The van der Waals surface area contributed by atoms with Crippen molar-refractivity contribution in [3.63, 3.8) is 0 Å². The summed E-state index contributed by atoms with van der Waals surface area (Å²) in [5.74, 6) is 0.748. The van der Waals surface area contributed by atoms with E-state index in [1.807, 2.05) is 35.0 Å². The van der Waals surface area contributed by atoms with Crippen LogP contribution < -0.4 is 4.74 Å². The zero-order valence-corrected chi connectivity index (χ0v) is 13.3. The SMILES string of the molecule is N#Cc1c2c(cc3ccccc13)OCCCn1ncc(Br)c1-2. The van der Waals surface area contributed by atoms with Crippen LogP contribution in [0.1, 0.15) is 12.0 Å². The highest BCUT2D eigenvalue weighted by Crippen LogP contribution is 2.42. The van der Waals surface area contributed by atoms with Crippen LogP contribution in [0.2, 0.25) is 0 Å². The van der Waals surface area contributed by atoms with Crippen molar-refractivity contribution < 1.29 is 4.74 Å². The van der Waals surface area contributed by atoms with Crippen molar-refractivity contribution in [2.45, 2.75) is 13.0 Å². The number of nitriles is 1. The fourth-order valence-corrected chi connectivity index (χ4v) is 3.46. The molecular weight excluding hydrogens is 342 g/mol. The van der Waals surface area contributed by atoms with Crippen LogP contribution in [0, 0.1) is 11.3 Å². The molecule has 0 atom stereocenters. The first kappa shape index (κ1) is 13.4. The van der Waals surface area contributed by atoms with Gasteiger partial charge in [0.2, 0.25) is 0 Å². The van der Waals surface area contributed by atoms with Crippen molar-refractivity contribution >= 4 is 26.7 Å². The fourth-order valence-electron chi connectivity index (χ4n) is 2.96. The average molecular weight is 354 g/mol. The van der Waals surface area contributed by atoms with E-state index in [9.17, 15) is 5.26 Å². The summed E-state index contributed by atoms with van der Waals surface area (Å²) in [5.41, 5.74) is 2.37. The second-order valence-electron chi connectivity index (χ2n) is 5.22. The van der Waals surface area contributed by atoms with Gasteiger partial charge in [0.25, 0.3) is 0 Å². The van der Waals surface area contributed by atoms with E-state index in [1.54, 1.807) is 6.20 Å². The van der Waals surface area contributed by atoms with Gasteiger partial charge in [-0.2, -0.15) is 10.4 Å². The highest BCUT2D eigenvalue weighted by atomic mass is 79.9. The Hall–Kier alpha value is -2.32. The van der Waals surface area contributed by atoms with Gasteiger partial charge in [-0.1, -0.05) is 24.3 Å². The van der Waals surface area contributed by atoms with Gasteiger partial charge < -0.3 is 4.74 Å². The number of hydrogen-bond acceptors (Lipinski definition) is 3. The standard InChI is InChI=1S/C17H12BrN3O/c18-14-10-20-21-6-3-7-22-15-8-11-4-1-2-5-12(11)13(9-19)16(15)17(14)21/h1-2,4-5,8,10H,3,6-7H2. The molecule has 0 radical (unpaired) electrons. The smallest absolute Gasteiger partial charge is 0.130 e. The molecule has 2 aromatic carbocycles. The normalized spacial score (nSPS) is 13.5. The fraction of sp³-hybridized carbons (Fsp3) is 0.176. The van der Waals surface area contributed by atoms with E-state index in [0.717, 1.165) is 45.2 Å². The maximum absolute atomic E-state index is 9.76. The molecule has 5 heteroatoms. The highest BCUT2D eigenvalue weighted by molar-refractivity contribution is 9.10. The Morgan fingerprint density at radius 2 is 2.18 bits per heavy atom. The van der Waals surface area contributed by atoms with Gasteiger partial charge in [-0.15, -0.1) is 0 Å². The van der Waals surface area contributed by atoms with Crippen molar-refractivity contribution in [1.29, 1.82) is 5.26 Å². The van der Waals surface area contributed by atoms with Crippen molar-refractivity contribution in [3.05, 3.63) is 46.6 Å². The lowest BCUT2D eigenvalue weighted by Crippen LogP contribution is -2.12. The number of fused-ring (bicyclic) bond motifs is 4. The number of aryl methyl sites for hydroxylation is 1. The molecule has 0 bridgehead atoms. The molecule has 4 rings (SSSR count). The van der Waals surface area contributed by atoms with Crippen molar-refractivity contribution in [3.8, 4) is 23.1 Å².